The number of ether oxygens (including phenoxy) is 1. The molecular weight excluding hydrogens is 456 g/mol. The average Bonchev–Trinajstić information content (AvgIpc) is 2.91. The van der Waals surface area contributed by atoms with Crippen molar-refractivity contribution >= 4 is 29.1 Å². The van der Waals surface area contributed by atoms with Gasteiger partial charge in [-0.2, -0.15) is 0 Å². The molecule has 1 atom stereocenters. The first-order valence-corrected chi connectivity index (χ1v) is 12.0. The van der Waals surface area contributed by atoms with Gasteiger partial charge >= 0.3 is 0 Å². The van der Waals surface area contributed by atoms with Gasteiger partial charge in [-0.05, 0) is 36.2 Å². The average molecular weight is 487 g/mol. The standard InChI is InChI=1S/C28H30N4O4/c1-2-16-29-28(35)25-18-32(23-14-8-9-15-24(23)36-25)19-26(33)31-22-13-7-6-12-21(22)27(34)30-17-20-10-4-3-5-11-20/h3-15,25H,2,16-19H2,1H3,(H,29,35)(H,30,34)(H,31,33)/t25-/m0/s1. The quantitative estimate of drug-likeness (QED) is 0.431. The van der Waals surface area contributed by atoms with E-state index in [1.165, 1.54) is 0 Å². The Morgan fingerprint density at radius 1 is 0.917 bits per heavy atom. The number of rotatable bonds is 9. The molecule has 1 aliphatic heterocycles. The second-order valence-corrected chi connectivity index (χ2v) is 8.51. The van der Waals surface area contributed by atoms with Gasteiger partial charge in [0, 0.05) is 13.1 Å². The number of hydrogen-bond acceptors (Lipinski definition) is 5. The van der Waals surface area contributed by atoms with E-state index in [2.05, 4.69) is 16.0 Å². The van der Waals surface area contributed by atoms with Crippen LogP contribution < -0.4 is 25.6 Å². The fourth-order valence-corrected chi connectivity index (χ4v) is 3.98. The molecule has 8 nitrogen and oxygen atoms in total. The number of hydrogen-bond donors (Lipinski definition) is 3. The molecule has 0 saturated carbocycles. The highest BCUT2D eigenvalue weighted by Gasteiger charge is 2.31. The van der Waals surface area contributed by atoms with Crippen LogP contribution in [0.25, 0.3) is 0 Å². The van der Waals surface area contributed by atoms with Gasteiger partial charge in [-0.1, -0.05) is 61.5 Å². The Bertz CT molecular complexity index is 1210. The molecule has 186 valence electrons. The molecule has 4 rings (SSSR count). The van der Waals surface area contributed by atoms with E-state index in [0.29, 0.717) is 30.1 Å². The predicted molar refractivity (Wildman–Crippen MR) is 139 cm³/mol. The zero-order valence-corrected chi connectivity index (χ0v) is 20.2. The number of nitrogens with one attached hydrogen (secondary N) is 3. The minimum absolute atomic E-state index is 0.00208. The van der Waals surface area contributed by atoms with Gasteiger partial charge in [-0.25, -0.2) is 0 Å². The number of benzene rings is 3. The monoisotopic (exact) mass is 486 g/mol. The van der Waals surface area contributed by atoms with Crippen molar-refractivity contribution in [2.75, 3.05) is 29.9 Å². The van der Waals surface area contributed by atoms with E-state index in [-0.39, 0.29) is 30.8 Å². The number of nitrogens with zero attached hydrogens (tertiary/aromatic N) is 1. The molecule has 3 aromatic rings. The molecule has 0 saturated heterocycles. The molecule has 1 aliphatic rings. The minimum atomic E-state index is -0.727. The van der Waals surface area contributed by atoms with Crippen molar-refractivity contribution in [3.05, 3.63) is 90.0 Å². The lowest BCUT2D eigenvalue weighted by Gasteiger charge is -2.35. The molecule has 0 fully saturated rings. The lowest BCUT2D eigenvalue weighted by molar-refractivity contribution is -0.128. The summed E-state index contributed by atoms with van der Waals surface area (Å²) in [5.41, 5.74) is 2.52. The van der Waals surface area contributed by atoms with E-state index in [1.54, 1.807) is 30.3 Å². The van der Waals surface area contributed by atoms with Crippen LogP contribution in [0, 0.1) is 0 Å². The second kappa shape index (κ2) is 11.9. The maximum Gasteiger partial charge on any atom is 0.262 e. The van der Waals surface area contributed by atoms with Crippen LogP contribution in [0.1, 0.15) is 29.3 Å². The summed E-state index contributed by atoms with van der Waals surface area (Å²) in [6, 6.07) is 23.8. The van der Waals surface area contributed by atoms with Crippen LogP contribution in [-0.2, 0) is 16.1 Å². The van der Waals surface area contributed by atoms with Crippen LogP contribution in [0.2, 0.25) is 0 Å². The molecule has 3 amide bonds. The summed E-state index contributed by atoms with van der Waals surface area (Å²) < 4.78 is 5.90. The van der Waals surface area contributed by atoms with Gasteiger partial charge in [0.1, 0.15) is 5.75 Å². The van der Waals surface area contributed by atoms with Crippen molar-refractivity contribution in [3.63, 3.8) is 0 Å². The van der Waals surface area contributed by atoms with Crippen molar-refractivity contribution in [2.24, 2.45) is 0 Å². The Hall–Kier alpha value is -4.33. The van der Waals surface area contributed by atoms with Gasteiger partial charge in [0.25, 0.3) is 11.8 Å². The summed E-state index contributed by atoms with van der Waals surface area (Å²) in [7, 11) is 0. The second-order valence-electron chi connectivity index (χ2n) is 8.51. The van der Waals surface area contributed by atoms with Crippen molar-refractivity contribution in [1.29, 1.82) is 0 Å². The summed E-state index contributed by atoms with van der Waals surface area (Å²) >= 11 is 0. The molecule has 0 radical (unpaired) electrons. The number of para-hydroxylation sites is 3. The Morgan fingerprint density at radius 2 is 1.64 bits per heavy atom. The Kier molecular flexibility index (Phi) is 8.18. The third-order valence-corrected chi connectivity index (χ3v) is 5.78. The molecule has 36 heavy (non-hydrogen) atoms. The molecule has 3 N–H and O–H groups in total. The number of carbonyl (C=O) groups excluding carboxylic acids is 3. The lowest BCUT2D eigenvalue weighted by atomic mass is 10.1. The van der Waals surface area contributed by atoms with Gasteiger partial charge < -0.3 is 25.6 Å². The van der Waals surface area contributed by atoms with Crippen molar-refractivity contribution in [2.45, 2.75) is 26.0 Å². The number of fused-ring (bicyclic) bond motifs is 1. The predicted octanol–water partition coefficient (Wildman–Crippen LogP) is 3.35. The smallest absolute Gasteiger partial charge is 0.262 e. The summed E-state index contributed by atoms with van der Waals surface area (Å²) in [4.78, 5) is 40.3. The molecule has 0 aromatic heterocycles. The van der Waals surface area contributed by atoms with E-state index < -0.39 is 6.10 Å². The van der Waals surface area contributed by atoms with E-state index in [1.807, 2.05) is 60.4 Å². The fraction of sp³-hybridized carbons (Fsp3) is 0.250. The fourth-order valence-electron chi connectivity index (χ4n) is 3.98. The van der Waals surface area contributed by atoms with Gasteiger partial charge in [-0.3, -0.25) is 14.4 Å². The summed E-state index contributed by atoms with van der Waals surface area (Å²) in [6.45, 7) is 3.16. The van der Waals surface area contributed by atoms with Crippen LogP contribution in [-0.4, -0.2) is 43.5 Å². The van der Waals surface area contributed by atoms with Crippen LogP contribution in [0.5, 0.6) is 5.75 Å². The number of carbonyl (C=O) groups is 3. The SMILES string of the molecule is CCCNC(=O)[C@@H]1CN(CC(=O)Nc2ccccc2C(=O)NCc2ccccc2)c2ccccc2O1. The van der Waals surface area contributed by atoms with E-state index in [4.69, 9.17) is 4.74 Å². The van der Waals surface area contributed by atoms with Gasteiger partial charge in [0.15, 0.2) is 6.10 Å². The highest BCUT2D eigenvalue weighted by molar-refractivity contribution is 6.04. The molecule has 0 bridgehead atoms. The van der Waals surface area contributed by atoms with Crippen molar-refractivity contribution in [3.8, 4) is 5.75 Å². The van der Waals surface area contributed by atoms with E-state index in [9.17, 15) is 14.4 Å². The molecule has 0 unspecified atom stereocenters. The topological polar surface area (TPSA) is 99.8 Å². The van der Waals surface area contributed by atoms with Gasteiger partial charge in [0.2, 0.25) is 5.91 Å². The third kappa shape index (κ3) is 6.21. The molecule has 0 aliphatic carbocycles. The lowest BCUT2D eigenvalue weighted by Crippen LogP contribution is -2.50. The first-order chi connectivity index (χ1) is 17.5. The van der Waals surface area contributed by atoms with Gasteiger partial charge in [0.05, 0.1) is 30.0 Å². The first-order valence-electron chi connectivity index (χ1n) is 12.0. The summed E-state index contributed by atoms with van der Waals surface area (Å²) in [6.07, 6.45) is 0.0924. The summed E-state index contributed by atoms with van der Waals surface area (Å²) in [5, 5.41) is 8.61. The van der Waals surface area contributed by atoms with Crippen LogP contribution in [0.15, 0.2) is 78.9 Å². The summed E-state index contributed by atoms with van der Waals surface area (Å²) in [5.74, 6) is -0.243. The van der Waals surface area contributed by atoms with Crippen LogP contribution in [0.3, 0.4) is 0 Å². The zero-order chi connectivity index (χ0) is 25.3. The van der Waals surface area contributed by atoms with Crippen LogP contribution >= 0.6 is 0 Å². The Morgan fingerprint density at radius 3 is 2.44 bits per heavy atom. The highest BCUT2D eigenvalue weighted by atomic mass is 16.5. The number of anilines is 2. The van der Waals surface area contributed by atoms with Crippen molar-refractivity contribution < 1.29 is 19.1 Å². The zero-order valence-electron chi connectivity index (χ0n) is 20.2. The number of amides is 3. The highest BCUT2D eigenvalue weighted by Crippen LogP contribution is 2.33. The Labute approximate surface area is 210 Å². The third-order valence-electron chi connectivity index (χ3n) is 5.78. The maximum atomic E-state index is 13.1. The largest absolute Gasteiger partial charge is 0.477 e. The molecule has 3 aromatic carbocycles. The van der Waals surface area contributed by atoms with Crippen molar-refractivity contribution in [1.82, 2.24) is 10.6 Å². The van der Waals surface area contributed by atoms with E-state index >= 15 is 0 Å². The van der Waals surface area contributed by atoms with Crippen LogP contribution in [0.4, 0.5) is 11.4 Å². The first kappa shape index (κ1) is 24.8. The molecule has 0 spiro atoms. The maximum absolute atomic E-state index is 13.1. The molecule has 8 heteroatoms. The minimum Gasteiger partial charge on any atom is -0.477 e. The van der Waals surface area contributed by atoms with Gasteiger partial charge in [-0.15, -0.1) is 0 Å². The van der Waals surface area contributed by atoms with E-state index in [0.717, 1.165) is 17.7 Å². The Balaban J connectivity index is 1.44. The normalized spacial score (nSPS) is 14.2. The molecule has 1 heterocycles. The molecular formula is C28H30N4O4.